The summed E-state index contributed by atoms with van der Waals surface area (Å²) in [4.78, 5) is 5.79. The van der Waals surface area contributed by atoms with Gasteiger partial charge < -0.3 is 10.2 Å². The fraction of sp³-hybridized carbons (Fsp3) is 0.333. The number of benzene rings is 1. The fourth-order valence-corrected chi connectivity index (χ4v) is 4.38. The number of nitrogens with one attached hydrogen (secondary N) is 1. The van der Waals surface area contributed by atoms with Crippen molar-refractivity contribution in [2.75, 3.05) is 0 Å². The van der Waals surface area contributed by atoms with Crippen molar-refractivity contribution in [2.45, 2.75) is 44.1 Å². The van der Waals surface area contributed by atoms with Crippen molar-refractivity contribution in [3.63, 3.8) is 0 Å². The second-order valence-corrected chi connectivity index (χ2v) is 9.73. The predicted molar refractivity (Wildman–Crippen MR) is 108 cm³/mol. The van der Waals surface area contributed by atoms with Crippen molar-refractivity contribution >= 4 is 15.7 Å². The Morgan fingerprint density at radius 2 is 2.04 bits per heavy atom. The highest BCUT2D eigenvalue weighted by Gasteiger charge is 2.36. The van der Waals surface area contributed by atoms with Crippen LogP contribution in [0.1, 0.15) is 38.7 Å². The Morgan fingerprint density at radius 3 is 2.71 bits per heavy atom. The van der Waals surface area contributed by atoms with Crippen molar-refractivity contribution in [3.05, 3.63) is 70.8 Å². The van der Waals surface area contributed by atoms with E-state index in [2.05, 4.69) is 36.6 Å². The summed E-state index contributed by atoms with van der Waals surface area (Å²) < 4.78 is 22.9. The second kappa shape index (κ2) is 6.48. The molecule has 1 aromatic rings. The van der Waals surface area contributed by atoms with Crippen LogP contribution >= 0.6 is 0 Å². The number of sulfonamides is 1. The molecule has 1 aliphatic carbocycles. The molecule has 6 nitrogen and oxygen atoms in total. The van der Waals surface area contributed by atoms with Crippen LogP contribution in [-0.4, -0.2) is 20.2 Å². The Kier molecular flexibility index (Phi) is 4.34. The summed E-state index contributed by atoms with van der Waals surface area (Å²) in [6, 6.07) is 6.24. The van der Waals surface area contributed by atoms with Gasteiger partial charge >= 0.3 is 0 Å². The van der Waals surface area contributed by atoms with E-state index in [1.807, 2.05) is 6.20 Å². The topological polar surface area (TPSA) is 93.8 Å². The Hall–Kier alpha value is -2.60. The van der Waals surface area contributed by atoms with Crippen molar-refractivity contribution < 1.29 is 13.3 Å². The third-order valence-corrected chi connectivity index (χ3v) is 6.39. The number of rotatable bonds is 3. The largest absolute Gasteiger partial charge is 0.380 e. The van der Waals surface area contributed by atoms with E-state index in [-0.39, 0.29) is 10.3 Å². The molecule has 0 radical (unpaired) electrons. The fourth-order valence-electron chi connectivity index (χ4n) is 3.86. The third-order valence-electron chi connectivity index (χ3n) is 5.46. The van der Waals surface area contributed by atoms with Gasteiger partial charge in [-0.3, -0.25) is 0 Å². The summed E-state index contributed by atoms with van der Waals surface area (Å²) in [5.41, 5.74) is 9.09. The molecule has 1 fully saturated rings. The quantitative estimate of drug-likeness (QED) is 0.767. The van der Waals surface area contributed by atoms with E-state index in [0.29, 0.717) is 5.71 Å². The van der Waals surface area contributed by atoms with E-state index in [0.717, 1.165) is 36.1 Å². The summed E-state index contributed by atoms with van der Waals surface area (Å²) in [6.07, 6.45) is 4.46. The maximum absolute atomic E-state index is 11.4. The summed E-state index contributed by atoms with van der Waals surface area (Å²) in [5, 5.41) is 12.7. The average molecular weight is 398 g/mol. The molecule has 0 aromatic heterocycles. The highest BCUT2D eigenvalue weighted by molar-refractivity contribution is 7.89. The number of oxime groups is 1. The third kappa shape index (κ3) is 3.33. The molecule has 1 aromatic carbocycles. The summed E-state index contributed by atoms with van der Waals surface area (Å²) in [5.74, 6) is 0. The summed E-state index contributed by atoms with van der Waals surface area (Å²) in [7, 11) is -3.73. The molecule has 0 saturated heterocycles. The first kappa shape index (κ1) is 18.7. The number of hydrogen-bond donors (Lipinski definition) is 2. The van der Waals surface area contributed by atoms with Gasteiger partial charge in [0, 0.05) is 22.9 Å². The van der Waals surface area contributed by atoms with Crippen LogP contribution in [0.5, 0.6) is 0 Å². The first-order valence-corrected chi connectivity index (χ1v) is 10.7. The molecule has 1 unspecified atom stereocenters. The monoisotopic (exact) mass is 397 g/mol. The van der Waals surface area contributed by atoms with Crippen molar-refractivity contribution in [2.24, 2.45) is 15.7 Å². The van der Waals surface area contributed by atoms with E-state index < -0.39 is 16.1 Å². The number of primary sulfonamides is 1. The van der Waals surface area contributed by atoms with E-state index in [4.69, 9.17) is 9.98 Å². The highest BCUT2D eigenvalue weighted by atomic mass is 32.2. The number of fused-ring (bicyclic) bond motifs is 1. The van der Waals surface area contributed by atoms with Crippen molar-refractivity contribution in [1.82, 2.24) is 5.32 Å². The lowest BCUT2D eigenvalue weighted by atomic mass is 9.71. The van der Waals surface area contributed by atoms with E-state index in [9.17, 15) is 8.42 Å². The van der Waals surface area contributed by atoms with Crippen LogP contribution < -0.4 is 10.5 Å². The van der Waals surface area contributed by atoms with Crippen LogP contribution in [0.2, 0.25) is 0 Å². The minimum atomic E-state index is -3.73. The molecule has 7 heteroatoms. The Morgan fingerprint density at radius 1 is 1.32 bits per heavy atom. The minimum Gasteiger partial charge on any atom is -0.380 e. The lowest BCUT2D eigenvalue weighted by Gasteiger charge is -2.35. The molecule has 2 heterocycles. The zero-order chi connectivity index (χ0) is 20.1. The normalized spacial score (nSPS) is 23.5. The zero-order valence-electron chi connectivity index (χ0n) is 16.0. The lowest BCUT2D eigenvalue weighted by molar-refractivity contribution is 0.124. The van der Waals surface area contributed by atoms with Gasteiger partial charge in [0.2, 0.25) is 10.0 Å². The first-order chi connectivity index (χ1) is 13.2. The van der Waals surface area contributed by atoms with Gasteiger partial charge in [0.15, 0.2) is 6.10 Å². The van der Waals surface area contributed by atoms with Crippen LogP contribution in [0.15, 0.2) is 75.2 Å². The Labute approximate surface area is 165 Å². The number of nitrogens with zero attached hydrogens (tertiary/aromatic N) is 1. The first-order valence-electron chi connectivity index (χ1n) is 9.16. The average Bonchev–Trinajstić information content (AvgIpc) is 3.01. The van der Waals surface area contributed by atoms with Gasteiger partial charge in [-0.15, -0.1) is 0 Å². The Balaban J connectivity index is 1.60. The molecule has 0 bridgehead atoms. The lowest BCUT2D eigenvalue weighted by Crippen LogP contribution is -2.30. The molecule has 3 N–H and O–H groups in total. The summed E-state index contributed by atoms with van der Waals surface area (Å²) in [6.45, 7) is 8.74. The smallest absolute Gasteiger partial charge is 0.238 e. The molecule has 28 heavy (non-hydrogen) atoms. The predicted octanol–water partition coefficient (Wildman–Crippen LogP) is 3.10. The van der Waals surface area contributed by atoms with Gasteiger partial charge in [0.25, 0.3) is 0 Å². The Bertz CT molecular complexity index is 1090. The zero-order valence-corrected chi connectivity index (χ0v) is 16.8. The highest BCUT2D eigenvalue weighted by Crippen LogP contribution is 2.44. The van der Waals surface area contributed by atoms with Crippen molar-refractivity contribution in [3.8, 4) is 0 Å². The standard InChI is InChI=1S/C21H23N3O3S/c1-13-18(14-4-6-16(7-5-14)28(22,25)26)24-27-20(13)19-17-8-10-21(2,3)12-15(17)9-11-23-19/h4-7,11,20,23H,1,8,10,12H2,2-3H3,(H2,22,25,26). The van der Waals surface area contributed by atoms with E-state index in [1.54, 1.807) is 12.1 Å². The van der Waals surface area contributed by atoms with Gasteiger partial charge in [0.1, 0.15) is 5.71 Å². The van der Waals surface area contributed by atoms with E-state index in [1.165, 1.54) is 23.3 Å². The molecule has 1 atom stereocenters. The maximum Gasteiger partial charge on any atom is 0.238 e. The van der Waals surface area contributed by atoms with Gasteiger partial charge in [0.05, 0.1) is 10.6 Å². The van der Waals surface area contributed by atoms with Crippen LogP contribution in [0.4, 0.5) is 0 Å². The number of allylic oxidation sites excluding steroid dienone is 2. The minimum absolute atomic E-state index is 0.0570. The molecule has 2 aliphatic heterocycles. The van der Waals surface area contributed by atoms with Gasteiger partial charge in [-0.2, -0.15) is 0 Å². The molecular weight excluding hydrogens is 374 g/mol. The van der Waals surface area contributed by atoms with Gasteiger partial charge in [-0.25, -0.2) is 13.6 Å². The van der Waals surface area contributed by atoms with Gasteiger partial charge in [-0.05, 0) is 42.4 Å². The van der Waals surface area contributed by atoms with Crippen molar-refractivity contribution in [1.29, 1.82) is 0 Å². The number of nitrogens with two attached hydrogens (primary N) is 1. The van der Waals surface area contributed by atoms with E-state index >= 15 is 0 Å². The molecular formula is C21H23N3O3S. The molecule has 0 spiro atoms. The molecule has 4 rings (SSSR count). The summed E-state index contributed by atoms with van der Waals surface area (Å²) >= 11 is 0. The molecule has 3 aliphatic rings. The number of hydrogen-bond acceptors (Lipinski definition) is 5. The second-order valence-electron chi connectivity index (χ2n) is 8.16. The molecule has 0 amide bonds. The van der Waals surface area contributed by atoms with Gasteiger partial charge in [-0.1, -0.05) is 43.4 Å². The molecule has 146 valence electrons. The maximum atomic E-state index is 11.4. The van der Waals surface area contributed by atoms with Crippen LogP contribution in [0.25, 0.3) is 0 Å². The van der Waals surface area contributed by atoms with Crippen LogP contribution in [0, 0.1) is 5.41 Å². The van der Waals surface area contributed by atoms with Crippen LogP contribution in [-0.2, 0) is 14.9 Å². The SMILES string of the molecule is C=C1C(c2ccc(S(N)(=O)=O)cc2)=NOC1C1=C2CCC(C)(C)CC2=C=CN1. The molecule has 1 saturated carbocycles. The van der Waals surface area contributed by atoms with Crippen LogP contribution in [0.3, 0.4) is 0 Å².